The number of fused-ring (bicyclic) bond motifs is 1. The molecule has 0 radical (unpaired) electrons. The molecule has 1 aliphatic heterocycles. The van der Waals surface area contributed by atoms with Gasteiger partial charge >= 0.3 is 0 Å². The minimum Gasteiger partial charge on any atom is -0.493 e. The van der Waals surface area contributed by atoms with Crippen LogP contribution in [0.15, 0.2) is 28.8 Å². The number of aryl methyl sites for hydroxylation is 2. The lowest BCUT2D eigenvalue weighted by Crippen LogP contribution is -2.41. The summed E-state index contributed by atoms with van der Waals surface area (Å²) < 4.78 is 11.4. The van der Waals surface area contributed by atoms with Gasteiger partial charge in [-0.1, -0.05) is 22.9 Å². The summed E-state index contributed by atoms with van der Waals surface area (Å²) >= 11 is 0. The smallest absolute Gasteiger partial charge is 0.292 e. The summed E-state index contributed by atoms with van der Waals surface area (Å²) in [6, 6.07) is 8.11. The van der Waals surface area contributed by atoms with Gasteiger partial charge in [0, 0.05) is 24.6 Å². The number of rotatable bonds is 4. The standard InChI is InChI=1S/C21H26N2O3/c1-15-8-10-17(11-9-15)25-14-16-5-4-12-23(13-16)21(24)20-18-6-2-3-7-19(18)22-26-20/h8-11,16H,2-7,12-14H2,1H3/t16-/m1/s1. The van der Waals surface area contributed by atoms with Crippen molar-refractivity contribution >= 4 is 5.91 Å². The van der Waals surface area contributed by atoms with Crippen LogP contribution in [-0.2, 0) is 12.8 Å². The average Bonchev–Trinajstić information content (AvgIpc) is 3.11. The predicted octanol–water partition coefficient (Wildman–Crippen LogP) is 3.79. The molecule has 1 saturated heterocycles. The second kappa shape index (κ2) is 7.52. The van der Waals surface area contributed by atoms with Crippen molar-refractivity contribution in [2.45, 2.75) is 45.4 Å². The van der Waals surface area contributed by atoms with Crippen LogP contribution in [0, 0.1) is 12.8 Å². The van der Waals surface area contributed by atoms with Gasteiger partial charge in [0.15, 0.2) is 0 Å². The Kier molecular flexibility index (Phi) is 4.96. The van der Waals surface area contributed by atoms with E-state index < -0.39 is 0 Å². The summed E-state index contributed by atoms with van der Waals surface area (Å²) in [5.74, 6) is 1.72. The summed E-state index contributed by atoms with van der Waals surface area (Å²) in [6.07, 6.45) is 6.18. The van der Waals surface area contributed by atoms with Gasteiger partial charge in [0.05, 0.1) is 12.3 Å². The van der Waals surface area contributed by atoms with E-state index in [1.54, 1.807) is 0 Å². The minimum absolute atomic E-state index is 0.000635. The molecule has 0 saturated carbocycles. The third kappa shape index (κ3) is 3.62. The van der Waals surface area contributed by atoms with E-state index in [9.17, 15) is 4.79 Å². The molecule has 4 rings (SSSR count). The SMILES string of the molecule is Cc1ccc(OC[C@@H]2CCCN(C(=O)c3onc4c3CCCC4)C2)cc1. The second-order valence-corrected chi connectivity index (χ2v) is 7.53. The highest BCUT2D eigenvalue weighted by Gasteiger charge is 2.31. The van der Waals surface area contributed by atoms with Crippen molar-refractivity contribution in [3.05, 3.63) is 46.8 Å². The summed E-state index contributed by atoms with van der Waals surface area (Å²) in [6.45, 7) is 4.22. The molecule has 1 fully saturated rings. The Labute approximate surface area is 154 Å². The Hall–Kier alpha value is -2.30. The summed E-state index contributed by atoms with van der Waals surface area (Å²) in [5, 5.41) is 4.13. The maximum absolute atomic E-state index is 12.9. The minimum atomic E-state index is 0.000635. The number of amides is 1. The fourth-order valence-electron chi connectivity index (χ4n) is 3.94. The number of piperidine rings is 1. The number of aromatic nitrogens is 1. The van der Waals surface area contributed by atoms with Crippen molar-refractivity contribution in [1.82, 2.24) is 10.1 Å². The molecule has 2 heterocycles. The van der Waals surface area contributed by atoms with Gasteiger partial charge in [-0.25, -0.2) is 0 Å². The maximum atomic E-state index is 12.9. The third-order valence-electron chi connectivity index (χ3n) is 5.47. The molecule has 5 heteroatoms. The first kappa shape index (κ1) is 17.1. The largest absolute Gasteiger partial charge is 0.493 e. The van der Waals surface area contributed by atoms with Crippen LogP contribution < -0.4 is 4.74 Å². The number of hydrogen-bond donors (Lipinski definition) is 0. The Morgan fingerprint density at radius 3 is 2.88 bits per heavy atom. The number of hydrogen-bond acceptors (Lipinski definition) is 4. The number of likely N-dealkylation sites (tertiary alicyclic amines) is 1. The lowest BCUT2D eigenvalue weighted by molar-refractivity contribution is 0.0591. The van der Waals surface area contributed by atoms with Gasteiger partial charge < -0.3 is 14.2 Å². The van der Waals surface area contributed by atoms with Crippen molar-refractivity contribution in [2.24, 2.45) is 5.92 Å². The summed E-state index contributed by atoms with van der Waals surface area (Å²) in [4.78, 5) is 14.9. The van der Waals surface area contributed by atoms with Crippen LogP contribution in [-0.4, -0.2) is 35.7 Å². The van der Waals surface area contributed by atoms with E-state index >= 15 is 0 Å². The molecule has 5 nitrogen and oxygen atoms in total. The number of nitrogens with zero attached hydrogens (tertiary/aromatic N) is 2. The quantitative estimate of drug-likeness (QED) is 0.838. The van der Waals surface area contributed by atoms with Crippen LogP contribution in [0.2, 0.25) is 0 Å². The molecule has 26 heavy (non-hydrogen) atoms. The molecule has 1 aromatic heterocycles. The van der Waals surface area contributed by atoms with Gasteiger partial charge in [0.2, 0.25) is 5.76 Å². The Balaban J connectivity index is 1.38. The van der Waals surface area contributed by atoms with E-state index in [1.165, 1.54) is 5.56 Å². The lowest BCUT2D eigenvalue weighted by Gasteiger charge is -2.32. The maximum Gasteiger partial charge on any atom is 0.292 e. The van der Waals surface area contributed by atoms with Gasteiger partial charge in [-0.2, -0.15) is 0 Å². The summed E-state index contributed by atoms with van der Waals surface area (Å²) in [7, 11) is 0. The van der Waals surface area contributed by atoms with Crippen molar-refractivity contribution in [2.75, 3.05) is 19.7 Å². The van der Waals surface area contributed by atoms with Gasteiger partial charge in [-0.15, -0.1) is 0 Å². The number of carbonyl (C=O) groups excluding carboxylic acids is 1. The molecular formula is C21H26N2O3. The zero-order chi connectivity index (χ0) is 17.9. The molecule has 1 aromatic carbocycles. The molecule has 0 spiro atoms. The van der Waals surface area contributed by atoms with Crippen LogP contribution in [0.25, 0.3) is 0 Å². The highest BCUT2D eigenvalue weighted by atomic mass is 16.5. The lowest BCUT2D eigenvalue weighted by atomic mass is 9.94. The fraction of sp³-hybridized carbons (Fsp3) is 0.524. The first-order valence-electron chi connectivity index (χ1n) is 9.67. The monoisotopic (exact) mass is 354 g/mol. The zero-order valence-corrected chi connectivity index (χ0v) is 15.4. The highest BCUT2D eigenvalue weighted by molar-refractivity contribution is 5.93. The first-order chi connectivity index (χ1) is 12.7. The van der Waals surface area contributed by atoms with Gasteiger partial charge in [-0.05, 0) is 57.6 Å². The van der Waals surface area contributed by atoms with E-state index in [2.05, 4.69) is 24.2 Å². The van der Waals surface area contributed by atoms with Gasteiger partial charge in [-0.3, -0.25) is 4.79 Å². The fourth-order valence-corrected chi connectivity index (χ4v) is 3.94. The molecule has 0 bridgehead atoms. The van der Waals surface area contributed by atoms with E-state index in [1.807, 2.05) is 17.0 Å². The number of benzene rings is 1. The van der Waals surface area contributed by atoms with Crippen molar-refractivity contribution in [3.8, 4) is 5.75 Å². The Bertz CT molecular complexity index is 766. The molecule has 1 aliphatic carbocycles. The van der Waals surface area contributed by atoms with Crippen LogP contribution >= 0.6 is 0 Å². The molecule has 1 atom stereocenters. The van der Waals surface area contributed by atoms with E-state index in [0.29, 0.717) is 18.3 Å². The Morgan fingerprint density at radius 1 is 1.23 bits per heavy atom. The van der Waals surface area contributed by atoms with Gasteiger partial charge in [0.25, 0.3) is 5.91 Å². The zero-order valence-electron chi connectivity index (χ0n) is 15.4. The van der Waals surface area contributed by atoms with Gasteiger partial charge in [0.1, 0.15) is 5.75 Å². The molecule has 138 valence electrons. The first-order valence-corrected chi connectivity index (χ1v) is 9.67. The molecule has 2 aliphatic rings. The molecule has 0 unspecified atom stereocenters. The van der Waals surface area contributed by atoms with Crippen LogP contribution in [0.3, 0.4) is 0 Å². The van der Waals surface area contributed by atoms with Crippen molar-refractivity contribution in [3.63, 3.8) is 0 Å². The third-order valence-corrected chi connectivity index (χ3v) is 5.47. The second-order valence-electron chi connectivity index (χ2n) is 7.53. The number of ether oxygens (including phenoxy) is 1. The number of carbonyl (C=O) groups is 1. The van der Waals surface area contributed by atoms with Crippen LogP contribution in [0.4, 0.5) is 0 Å². The molecule has 2 aromatic rings. The Morgan fingerprint density at radius 2 is 2.04 bits per heavy atom. The van der Waals surface area contributed by atoms with E-state index in [0.717, 1.165) is 68.6 Å². The summed E-state index contributed by atoms with van der Waals surface area (Å²) in [5.41, 5.74) is 3.25. The van der Waals surface area contributed by atoms with Crippen LogP contribution in [0.1, 0.15) is 53.1 Å². The van der Waals surface area contributed by atoms with E-state index in [-0.39, 0.29) is 5.91 Å². The van der Waals surface area contributed by atoms with Crippen molar-refractivity contribution in [1.29, 1.82) is 0 Å². The molecular weight excluding hydrogens is 328 g/mol. The highest BCUT2D eigenvalue weighted by Crippen LogP contribution is 2.27. The van der Waals surface area contributed by atoms with E-state index in [4.69, 9.17) is 9.26 Å². The van der Waals surface area contributed by atoms with Crippen molar-refractivity contribution < 1.29 is 14.1 Å². The normalized spacial score (nSPS) is 19.9. The van der Waals surface area contributed by atoms with Crippen LogP contribution in [0.5, 0.6) is 5.75 Å². The molecule has 0 N–H and O–H groups in total. The topological polar surface area (TPSA) is 55.6 Å². The predicted molar refractivity (Wildman–Crippen MR) is 98.4 cm³/mol. The average molecular weight is 354 g/mol. The molecule has 1 amide bonds.